The molecule has 0 aliphatic heterocycles. The minimum Gasteiger partial charge on any atom is -0.489 e. The first kappa shape index (κ1) is 16.3. The van der Waals surface area contributed by atoms with Crippen molar-refractivity contribution in [1.82, 2.24) is 0 Å². The van der Waals surface area contributed by atoms with Crippen molar-refractivity contribution in [2.75, 3.05) is 6.61 Å². The number of hydrogen-bond donors (Lipinski definition) is 0. The zero-order chi connectivity index (χ0) is 17.6. The van der Waals surface area contributed by atoms with Crippen LogP contribution in [0.1, 0.15) is 15.9 Å². The number of rotatable bonds is 5. The molecule has 0 fully saturated rings. The van der Waals surface area contributed by atoms with Gasteiger partial charge >= 0.3 is 5.97 Å². The second-order valence-electron chi connectivity index (χ2n) is 5.32. The smallest absolute Gasteiger partial charge is 0.347 e. The monoisotopic (exact) mass is 329 g/mol. The highest BCUT2D eigenvalue weighted by molar-refractivity contribution is 5.94. The largest absolute Gasteiger partial charge is 0.489 e. The van der Waals surface area contributed by atoms with E-state index in [9.17, 15) is 4.79 Å². The van der Waals surface area contributed by atoms with Crippen LogP contribution in [0.3, 0.4) is 0 Å². The topological polar surface area (TPSA) is 59.3 Å². The van der Waals surface area contributed by atoms with Gasteiger partial charge in [0.2, 0.25) is 0 Å². The fourth-order valence-electron chi connectivity index (χ4n) is 2.43. The van der Waals surface area contributed by atoms with Gasteiger partial charge in [-0.2, -0.15) is 5.26 Å². The molecule has 3 rings (SSSR count). The number of benzene rings is 3. The Bertz CT molecular complexity index is 986. The van der Waals surface area contributed by atoms with Crippen molar-refractivity contribution >= 4 is 16.7 Å². The number of esters is 1. The van der Waals surface area contributed by atoms with Crippen molar-refractivity contribution < 1.29 is 14.3 Å². The number of ether oxygens (including phenoxy) is 2. The lowest BCUT2D eigenvalue weighted by atomic mass is 10.1. The summed E-state index contributed by atoms with van der Waals surface area (Å²) in [6.07, 6.45) is 1.61. The van der Waals surface area contributed by atoms with Crippen LogP contribution in [-0.4, -0.2) is 12.6 Å². The van der Waals surface area contributed by atoms with Crippen molar-refractivity contribution in [3.63, 3.8) is 0 Å². The summed E-state index contributed by atoms with van der Waals surface area (Å²) in [5, 5.41) is 10.7. The number of hydrogen-bond acceptors (Lipinski definition) is 4. The second-order valence-corrected chi connectivity index (χ2v) is 5.32. The standard InChI is InChI=1S/C21H15NO3/c1-2-11-24-20-6-4-3-5-19(20)21(23)25-18-10-9-16-12-15(14-22)7-8-17(16)13-18/h2-10,12-13H,1,11H2. The molecule has 0 saturated carbocycles. The van der Waals surface area contributed by atoms with E-state index >= 15 is 0 Å². The van der Waals surface area contributed by atoms with Crippen LogP contribution in [-0.2, 0) is 0 Å². The van der Waals surface area contributed by atoms with Gasteiger partial charge in [-0.05, 0) is 47.2 Å². The maximum absolute atomic E-state index is 12.5. The number of carbonyl (C=O) groups excluding carboxylic acids is 1. The highest BCUT2D eigenvalue weighted by Crippen LogP contribution is 2.24. The summed E-state index contributed by atoms with van der Waals surface area (Å²) in [4.78, 5) is 12.5. The highest BCUT2D eigenvalue weighted by atomic mass is 16.5. The van der Waals surface area contributed by atoms with Gasteiger partial charge in [-0.1, -0.05) is 36.9 Å². The molecule has 0 aliphatic carbocycles. The van der Waals surface area contributed by atoms with E-state index in [0.29, 0.717) is 29.2 Å². The minimum absolute atomic E-state index is 0.307. The molecular weight excluding hydrogens is 314 g/mol. The second kappa shape index (κ2) is 7.33. The molecule has 0 aliphatic rings. The Morgan fingerprint density at radius 2 is 1.84 bits per heavy atom. The number of para-hydroxylation sites is 1. The van der Waals surface area contributed by atoms with Crippen molar-refractivity contribution in [3.8, 4) is 17.6 Å². The molecule has 0 spiro atoms. The Labute approximate surface area is 145 Å². The van der Waals surface area contributed by atoms with Crippen LogP contribution in [0.5, 0.6) is 11.5 Å². The first-order valence-electron chi connectivity index (χ1n) is 7.70. The molecule has 3 aromatic carbocycles. The van der Waals surface area contributed by atoms with Crippen LogP contribution in [0.25, 0.3) is 10.8 Å². The molecule has 122 valence electrons. The lowest BCUT2D eigenvalue weighted by Crippen LogP contribution is -2.10. The normalized spacial score (nSPS) is 10.0. The Balaban J connectivity index is 1.85. The van der Waals surface area contributed by atoms with Gasteiger partial charge in [-0.25, -0.2) is 4.79 Å². The van der Waals surface area contributed by atoms with E-state index in [1.807, 2.05) is 12.1 Å². The van der Waals surface area contributed by atoms with Crippen molar-refractivity contribution in [2.24, 2.45) is 0 Å². The van der Waals surface area contributed by atoms with Crippen LogP contribution in [0.4, 0.5) is 0 Å². The zero-order valence-electron chi connectivity index (χ0n) is 13.4. The van der Waals surface area contributed by atoms with Gasteiger partial charge in [0.1, 0.15) is 23.7 Å². The summed E-state index contributed by atoms with van der Waals surface area (Å²) in [5.41, 5.74) is 0.940. The number of carbonyl (C=O) groups is 1. The molecule has 3 aromatic rings. The molecule has 4 heteroatoms. The zero-order valence-corrected chi connectivity index (χ0v) is 13.4. The van der Waals surface area contributed by atoms with Gasteiger partial charge in [0.25, 0.3) is 0 Å². The van der Waals surface area contributed by atoms with E-state index in [0.717, 1.165) is 10.8 Å². The summed E-state index contributed by atoms with van der Waals surface area (Å²) in [5.74, 6) is 0.389. The minimum atomic E-state index is -0.493. The van der Waals surface area contributed by atoms with Gasteiger partial charge in [-0.15, -0.1) is 0 Å². The third-order valence-corrected chi connectivity index (χ3v) is 3.62. The van der Waals surface area contributed by atoms with E-state index in [1.54, 1.807) is 54.6 Å². The number of fused-ring (bicyclic) bond motifs is 1. The quantitative estimate of drug-likeness (QED) is 0.393. The third-order valence-electron chi connectivity index (χ3n) is 3.62. The van der Waals surface area contributed by atoms with Crippen molar-refractivity contribution in [2.45, 2.75) is 0 Å². The molecule has 0 N–H and O–H groups in total. The van der Waals surface area contributed by atoms with Gasteiger partial charge in [0.15, 0.2) is 0 Å². The fraction of sp³-hybridized carbons (Fsp3) is 0.0476. The highest BCUT2D eigenvalue weighted by Gasteiger charge is 2.14. The molecule has 0 aromatic heterocycles. The lowest BCUT2D eigenvalue weighted by Gasteiger charge is -2.10. The van der Waals surface area contributed by atoms with E-state index in [-0.39, 0.29) is 0 Å². The molecule has 0 saturated heterocycles. The Morgan fingerprint density at radius 1 is 1.08 bits per heavy atom. The first-order chi connectivity index (χ1) is 12.2. The molecule has 25 heavy (non-hydrogen) atoms. The van der Waals surface area contributed by atoms with Gasteiger partial charge in [0.05, 0.1) is 11.6 Å². The van der Waals surface area contributed by atoms with Crippen LogP contribution < -0.4 is 9.47 Å². The Hall–Kier alpha value is -3.58. The average molecular weight is 329 g/mol. The van der Waals surface area contributed by atoms with Crippen LogP contribution >= 0.6 is 0 Å². The Kier molecular flexibility index (Phi) is 4.77. The number of nitrogens with zero attached hydrogens (tertiary/aromatic N) is 1. The first-order valence-corrected chi connectivity index (χ1v) is 7.70. The summed E-state index contributed by atoms with van der Waals surface area (Å²) >= 11 is 0. The maximum atomic E-state index is 12.5. The molecule has 0 amide bonds. The molecule has 0 radical (unpaired) electrons. The Morgan fingerprint density at radius 3 is 2.64 bits per heavy atom. The fourth-order valence-corrected chi connectivity index (χ4v) is 2.43. The molecule has 4 nitrogen and oxygen atoms in total. The van der Waals surface area contributed by atoms with E-state index in [2.05, 4.69) is 12.6 Å². The predicted octanol–water partition coefficient (Wildman–Crippen LogP) is 4.50. The van der Waals surface area contributed by atoms with Crippen molar-refractivity contribution in [3.05, 3.63) is 84.4 Å². The molecular formula is C21H15NO3. The van der Waals surface area contributed by atoms with E-state index in [1.165, 1.54) is 0 Å². The maximum Gasteiger partial charge on any atom is 0.347 e. The third kappa shape index (κ3) is 3.67. The van der Waals surface area contributed by atoms with Gasteiger partial charge in [0, 0.05) is 0 Å². The van der Waals surface area contributed by atoms with Crippen LogP contribution in [0.15, 0.2) is 73.3 Å². The summed E-state index contributed by atoms with van der Waals surface area (Å²) in [6.45, 7) is 3.91. The molecule has 0 atom stereocenters. The molecule has 0 heterocycles. The summed E-state index contributed by atoms with van der Waals surface area (Å²) < 4.78 is 11.0. The predicted molar refractivity (Wildman–Crippen MR) is 95.8 cm³/mol. The molecule has 0 unspecified atom stereocenters. The summed E-state index contributed by atoms with van der Waals surface area (Å²) in [6, 6.07) is 19.6. The van der Waals surface area contributed by atoms with E-state index in [4.69, 9.17) is 14.7 Å². The molecule has 0 bridgehead atoms. The van der Waals surface area contributed by atoms with Crippen LogP contribution in [0, 0.1) is 11.3 Å². The van der Waals surface area contributed by atoms with Crippen LogP contribution in [0.2, 0.25) is 0 Å². The average Bonchev–Trinajstić information content (AvgIpc) is 2.66. The SMILES string of the molecule is C=CCOc1ccccc1C(=O)Oc1ccc2cc(C#N)ccc2c1. The number of nitriles is 1. The van der Waals surface area contributed by atoms with Crippen molar-refractivity contribution in [1.29, 1.82) is 5.26 Å². The van der Waals surface area contributed by atoms with E-state index < -0.39 is 5.97 Å². The van der Waals surface area contributed by atoms with Gasteiger partial charge in [-0.3, -0.25) is 0 Å². The van der Waals surface area contributed by atoms with Gasteiger partial charge < -0.3 is 9.47 Å². The summed E-state index contributed by atoms with van der Waals surface area (Å²) in [7, 11) is 0. The lowest BCUT2D eigenvalue weighted by molar-refractivity contribution is 0.0731.